The maximum Gasteiger partial charge on any atom is 0.0714 e. The van der Waals surface area contributed by atoms with Crippen molar-refractivity contribution in [3.05, 3.63) is 182 Å². The van der Waals surface area contributed by atoms with Gasteiger partial charge in [0.2, 0.25) is 0 Å². The molecule has 2 aliphatic rings. The van der Waals surface area contributed by atoms with Gasteiger partial charge in [-0.1, -0.05) is 72.8 Å². The highest BCUT2D eigenvalue weighted by Gasteiger charge is 2.30. The van der Waals surface area contributed by atoms with Crippen LogP contribution < -0.4 is 19.6 Å². The van der Waals surface area contributed by atoms with E-state index in [2.05, 4.69) is 191 Å². The van der Waals surface area contributed by atoms with Crippen LogP contribution in [0, 0.1) is 0 Å². The van der Waals surface area contributed by atoms with E-state index in [0.717, 1.165) is 101 Å². The Morgan fingerprint density at radius 1 is 0.321 bits per heavy atom. The molecule has 7 aromatic carbocycles. The Morgan fingerprint density at radius 2 is 0.643 bits per heavy atom. The molecule has 11 rings (SSSR count). The second-order valence-electron chi connectivity index (χ2n) is 14.4. The Kier molecular flexibility index (Phi) is 7.19. The van der Waals surface area contributed by atoms with Gasteiger partial charge in [0.05, 0.1) is 56.9 Å². The number of rotatable bonds is 4. The maximum atomic E-state index is 5.00. The smallest absolute Gasteiger partial charge is 0.0714 e. The highest BCUT2D eigenvalue weighted by atomic mass is 15.3. The number of nitrogens with zero attached hydrogens (tertiary/aromatic N) is 6. The molecule has 0 radical (unpaired) electrons. The molecule has 0 amide bonds. The average Bonchev–Trinajstić information content (AvgIpc) is 3.26. The van der Waals surface area contributed by atoms with Gasteiger partial charge < -0.3 is 19.6 Å². The number of hydrogen-bond acceptors (Lipinski definition) is 6. The molecule has 0 atom stereocenters. The van der Waals surface area contributed by atoms with Crippen molar-refractivity contribution in [3.63, 3.8) is 0 Å². The molecule has 0 fully saturated rings. The monoisotopic (exact) mass is 720 g/mol. The van der Waals surface area contributed by atoms with Gasteiger partial charge in [0.25, 0.3) is 0 Å². The second kappa shape index (κ2) is 12.6. The standard InChI is InChI=1S/C50H36N6/c1-53-41-17-3-7-21-45(41)55(46-22-8-4-18-42(46)53)33-25-27-35-37(31-33)49(39-15-11-13-29-51-39)36-28-26-34(32-38(36)50(35)40-16-12-14-30-52-40)56-47-23-9-5-19-43(47)54(2)44-20-6-10-24-48(44)56/h3-32H,1-2H3. The minimum atomic E-state index is 0.925. The summed E-state index contributed by atoms with van der Waals surface area (Å²) in [4.78, 5) is 19.4. The summed E-state index contributed by atoms with van der Waals surface area (Å²) < 4.78 is 0. The SMILES string of the molecule is CN1c2ccccc2N(c2ccc3c(-c4ccccn4)c4cc(N5c6ccccc6N(C)c6ccccc65)ccc4c(-c4ccccn4)c3c2)c2ccccc21. The number of hydrogen-bond donors (Lipinski definition) is 0. The fourth-order valence-electron chi connectivity index (χ4n) is 8.88. The van der Waals surface area contributed by atoms with E-state index in [0.29, 0.717) is 0 Å². The first kappa shape index (κ1) is 32.0. The Labute approximate surface area is 325 Å². The van der Waals surface area contributed by atoms with Gasteiger partial charge in [0.1, 0.15) is 0 Å². The number of pyridine rings is 2. The van der Waals surface area contributed by atoms with E-state index >= 15 is 0 Å². The van der Waals surface area contributed by atoms with Crippen LogP contribution in [0.15, 0.2) is 182 Å². The normalized spacial score (nSPS) is 13.0. The van der Waals surface area contributed by atoms with Gasteiger partial charge in [-0.05, 0) is 119 Å². The molecule has 0 saturated heterocycles. The number of benzene rings is 7. The molecule has 6 nitrogen and oxygen atoms in total. The van der Waals surface area contributed by atoms with Crippen LogP contribution in [0.3, 0.4) is 0 Å². The van der Waals surface area contributed by atoms with E-state index in [1.165, 1.54) is 0 Å². The molecule has 0 aliphatic carbocycles. The lowest BCUT2D eigenvalue weighted by Crippen LogP contribution is -2.24. The van der Waals surface area contributed by atoms with Crippen LogP contribution in [-0.2, 0) is 0 Å². The highest BCUT2D eigenvalue weighted by Crippen LogP contribution is 2.54. The maximum absolute atomic E-state index is 5.00. The number of para-hydroxylation sites is 8. The summed E-state index contributed by atoms with van der Waals surface area (Å²) in [5, 5.41) is 4.47. The predicted octanol–water partition coefficient (Wildman–Crippen LogP) is 13.2. The lowest BCUT2D eigenvalue weighted by molar-refractivity contribution is 1.13. The number of anilines is 10. The van der Waals surface area contributed by atoms with Crippen molar-refractivity contribution in [2.24, 2.45) is 0 Å². The first-order valence-electron chi connectivity index (χ1n) is 19.0. The van der Waals surface area contributed by atoms with Gasteiger partial charge in [-0.3, -0.25) is 9.97 Å². The van der Waals surface area contributed by atoms with E-state index in [9.17, 15) is 0 Å². The summed E-state index contributed by atoms with van der Waals surface area (Å²) >= 11 is 0. The molecule has 6 heteroatoms. The molecule has 4 heterocycles. The van der Waals surface area contributed by atoms with Crippen LogP contribution in [0.4, 0.5) is 56.9 Å². The van der Waals surface area contributed by atoms with E-state index in [-0.39, 0.29) is 0 Å². The van der Waals surface area contributed by atoms with Crippen LogP contribution in [-0.4, -0.2) is 24.1 Å². The molecule has 2 aliphatic heterocycles. The van der Waals surface area contributed by atoms with Crippen LogP contribution in [0.5, 0.6) is 0 Å². The highest BCUT2D eigenvalue weighted by molar-refractivity contribution is 6.22. The molecule has 266 valence electrons. The Hall–Kier alpha value is -7.44. The van der Waals surface area contributed by atoms with Crippen molar-refractivity contribution in [2.75, 3.05) is 33.7 Å². The van der Waals surface area contributed by atoms with Crippen molar-refractivity contribution >= 4 is 78.4 Å². The van der Waals surface area contributed by atoms with Crippen molar-refractivity contribution in [2.45, 2.75) is 0 Å². The molecule has 0 spiro atoms. The summed E-state index contributed by atoms with van der Waals surface area (Å²) in [5.41, 5.74) is 15.4. The van der Waals surface area contributed by atoms with E-state index < -0.39 is 0 Å². The minimum Gasteiger partial charge on any atom is -0.341 e. The summed E-state index contributed by atoms with van der Waals surface area (Å²) in [7, 11) is 4.29. The Balaban J connectivity index is 1.22. The Bertz CT molecular complexity index is 2680. The second-order valence-corrected chi connectivity index (χ2v) is 14.4. The zero-order valence-electron chi connectivity index (χ0n) is 31.0. The van der Waals surface area contributed by atoms with Crippen LogP contribution in [0.1, 0.15) is 0 Å². The molecule has 0 saturated carbocycles. The predicted molar refractivity (Wildman–Crippen MR) is 233 cm³/mol. The third-order valence-corrected chi connectivity index (χ3v) is 11.4. The molecule has 0 bridgehead atoms. The van der Waals surface area contributed by atoms with Gasteiger partial charge in [-0.25, -0.2) is 0 Å². The van der Waals surface area contributed by atoms with E-state index in [1.54, 1.807) is 0 Å². The van der Waals surface area contributed by atoms with Gasteiger partial charge >= 0.3 is 0 Å². The third-order valence-electron chi connectivity index (χ3n) is 11.4. The summed E-state index contributed by atoms with van der Waals surface area (Å²) in [6, 6.07) is 60.7. The fraction of sp³-hybridized carbons (Fsp3) is 0.0400. The van der Waals surface area contributed by atoms with Crippen molar-refractivity contribution < 1.29 is 0 Å². The fourth-order valence-corrected chi connectivity index (χ4v) is 8.88. The van der Waals surface area contributed by atoms with Crippen molar-refractivity contribution in [3.8, 4) is 22.5 Å². The van der Waals surface area contributed by atoms with Crippen molar-refractivity contribution in [1.29, 1.82) is 0 Å². The first-order chi connectivity index (χ1) is 27.7. The molecule has 9 aromatic rings. The topological polar surface area (TPSA) is 38.7 Å². The molecule has 0 unspecified atom stereocenters. The molecular formula is C50H36N6. The van der Waals surface area contributed by atoms with Crippen LogP contribution in [0.25, 0.3) is 44.1 Å². The van der Waals surface area contributed by atoms with Crippen LogP contribution in [0.2, 0.25) is 0 Å². The van der Waals surface area contributed by atoms with Gasteiger partial charge in [-0.15, -0.1) is 0 Å². The van der Waals surface area contributed by atoms with E-state index in [1.807, 2.05) is 24.5 Å². The van der Waals surface area contributed by atoms with E-state index in [4.69, 9.17) is 9.97 Å². The van der Waals surface area contributed by atoms with Gasteiger partial charge in [-0.2, -0.15) is 0 Å². The number of aromatic nitrogens is 2. The van der Waals surface area contributed by atoms with Crippen molar-refractivity contribution in [1.82, 2.24) is 9.97 Å². The first-order valence-corrected chi connectivity index (χ1v) is 19.0. The average molecular weight is 721 g/mol. The zero-order valence-corrected chi connectivity index (χ0v) is 31.0. The lowest BCUT2D eigenvalue weighted by atomic mass is 9.87. The van der Waals surface area contributed by atoms with Crippen LogP contribution >= 0.6 is 0 Å². The largest absolute Gasteiger partial charge is 0.341 e. The molecule has 0 N–H and O–H groups in total. The lowest BCUT2D eigenvalue weighted by Gasteiger charge is -2.39. The number of fused-ring (bicyclic) bond motifs is 6. The molecular weight excluding hydrogens is 685 g/mol. The quantitative estimate of drug-likeness (QED) is 0.169. The third kappa shape index (κ3) is 4.76. The summed E-state index contributed by atoms with van der Waals surface area (Å²) in [6.07, 6.45) is 3.78. The molecule has 56 heavy (non-hydrogen) atoms. The Morgan fingerprint density at radius 3 is 0.964 bits per heavy atom. The van der Waals surface area contributed by atoms with Gasteiger partial charge in [0.15, 0.2) is 0 Å². The summed E-state index contributed by atoms with van der Waals surface area (Å²) in [5.74, 6) is 0. The van der Waals surface area contributed by atoms with Gasteiger partial charge in [0, 0.05) is 49.0 Å². The molecule has 2 aromatic heterocycles. The minimum absolute atomic E-state index is 0.925. The zero-order chi connectivity index (χ0) is 37.3. The summed E-state index contributed by atoms with van der Waals surface area (Å²) in [6.45, 7) is 0.